The maximum atomic E-state index is 6.08. The molecule has 1 aromatic carbocycles. The number of fused-ring (bicyclic) bond motifs is 1. The summed E-state index contributed by atoms with van der Waals surface area (Å²) in [5.41, 5.74) is 2.50. The lowest BCUT2D eigenvalue weighted by Gasteiger charge is -2.20. The lowest BCUT2D eigenvalue weighted by atomic mass is 10.0. The van der Waals surface area contributed by atoms with E-state index in [9.17, 15) is 0 Å². The Labute approximate surface area is 116 Å². The first kappa shape index (κ1) is 14.4. The average molecular weight is 263 g/mol. The van der Waals surface area contributed by atoms with Crippen molar-refractivity contribution in [2.45, 2.75) is 51.8 Å². The van der Waals surface area contributed by atoms with Crippen LogP contribution in [0.4, 0.5) is 0 Å². The fourth-order valence-corrected chi connectivity index (χ4v) is 2.60. The van der Waals surface area contributed by atoms with E-state index in [4.69, 9.17) is 9.47 Å². The number of benzene rings is 1. The molecule has 1 unspecified atom stereocenters. The van der Waals surface area contributed by atoms with Gasteiger partial charge in [-0.25, -0.2) is 0 Å². The molecule has 3 heteroatoms. The Kier molecular flexibility index (Phi) is 4.48. The highest BCUT2D eigenvalue weighted by atomic mass is 16.5. The predicted molar refractivity (Wildman–Crippen MR) is 77.6 cm³/mol. The van der Waals surface area contributed by atoms with Crippen molar-refractivity contribution in [3.05, 3.63) is 29.3 Å². The van der Waals surface area contributed by atoms with Crippen molar-refractivity contribution in [1.82, 2.24) is 5.32 Å². The van der Waals surface area contributed by atoms with Gasteiger partial charge in [-0.15, -0.1) is 0 Å². The minimum atomic E-state index is -0.0743. The van der Waals surface area contributed by atoms with Gasteiger partial charge in [0.1, 0.15) is 11.4 Å². The summed E-state index contributed by atoms with van der Waals surface area (Å²) in [5, 5.41) is 3.54. The summed E-state index contributed by atoms with van der Waals surface area (Å²) in [6.45, 7) is 8.04. The van der Waals surface area contributed by atoms with Crippen molar-refractivity contribution in [3.8, 4) is 5.75 Å². The van der Waals surface area contributed by atoms with Crippen LogP contribution in [0.25, 0.3) is 0 Å². The number of methoxy groups -OCH3 is 1. The first-order valence-corrected chi connectivity index (χ1v) is 7.08. The quantitative estimate of drug-likeness (QED) is 0.856. The van der Waals surface area contributed by atoms with E-state index in [-0.39, 0.29) is 5.60 Å². The van der Waals surface area contributed by atoms with Gasteiger partial charge in [0.15, 0.2) is 0 Å². The number of rotatable bonds is 6. The fourth-order valence-electron chi connectivity index (χ4n) is 2.60. The average Bonchev–Trinajstić information content (AvgIpc) is 2.68. The van der Waals surface area contributed by atoms with E-state index in [0.717, 1.165) is 31.7 Å². The Morgan fingerprint density at radius 2 is 2.21 bits per heavy atom. The molecule has 106 valence electrons. The van der Waals surface area contributed by atoms with Crippen molar-refractivity contribution >= 4 is 0 Å². The summed E-state index contributed by atoms with van der Waals surface area (Å²) in [6.07, 6.45) is 2.06. The SMILES string of the molecule is CCC(COC)NCc1cccc2c1OC(C)(C)C2. The van der Waals surface area contributed by atoms with Crippen molar-refractivity contribution in [2.75, 3.05) is 13.7 Å². The van der Waals surface area contributed by atoms with E-state index in [2.05, 4.69) is 44.3 Å². The van der Waals surface area contributed by atoms with E-state index in [1.165, 1.54) is 11.1 Å². The third-order valence-corrected chi connectivity index (χ3v) is 3.61. The molecule has 0 fully saturated rings. The Morgan fingerprint density at radius 1 is 1.42 bits per heavy atom. The zero-order valence-corrected chi connectivity index (χ0v) is 12.5. The molecule has 0 aliphatic carbocycles. The van der Waals surface area contributed by atoms with Crippen LogP contribution < -0.4 is 10.1 Å². The molecule has 1 aromatic rings. The van der Waals surface area contributed by atoms with Crippen LogP contribution in [0.1, 0.15) is 38.3 Å². The Balaban J connectivity index is 2.05. The molecular formula is C16H25NO2. The van der Waals surface area contributed by atoms with Gasteiger partial charge < -0.3 is 14.8 Å². The Morgan fingerprint density at radius 3 is 2.89 bits per heavy atom. The van der Waals surface area contributed by atoms with Crippen molar-refractivity contribution in [2.24, 2.45) is 0 Å². The second-order valence-electron chi connectivity index (χ2n) is 5.89. The lowest BCUT2D eigenvalue weighted by Crippen LogP contribution is -2.32. The molecular weight excluding hydrogens is 238 g/mol. The molecule has 0 aromatic heterocycles. The topological polar surface area (TPSA) is 30.5 Å². The predicted octanol–water partition coefficient (Wildman–Crippen LogP) is 2.91. The lowest BCUT2D eigenvalue weighted by molar-refractivity contribution is 0.136. The molecule has 0 saturated carbocycles. The number of hydrogen-bond donors (Lipinski definition) is 1. The summed E-state index contributed by atoms with van der Waals surface area (Å²) >= 11 is 0. The van der Waals surface area contributed by atoms with Crippen LogP contribution in [-0.4, -0.2) is 25.4 Å². The highest BCUT2D eigenvalue weighted by Gasteiger charge is 2.31. The number of nitrogens with one attached hydrogen (secondary N) is 1. The van der Waals surface area contributed by atoms with E-state index in [0.29, 0.717) is 6.04 Å². The van der Waals surface area contributed by atoms with E-state index in [1.807, 2.05) is 0 Å². The number of ether oxygens (including phenoxy) is 2. The second kappa shape index (κ2) is 5.93. The second-order valence-corrected chi connectivity index (χ2v) is 5.89. The largest absolute Gasteiger partial charge is 0.487 e. The molecule has 0 saturated heterocycles. The summed E-state index contributed by atoms with van der Waals surface area (Å²) in [6, 6.07) is 6.83. The Bertz CT molecular complexity index is 429. The Hall–Kier alpha value is -1.06. The zero-order chi connectivity index (χ0) is 13.9. The molecule has 19 heavy (non-hydrogen) atoms. The van der Waals surface area contributed by atoms with Gasteiger partial charge in [-0.05, 0) is 25.8 Å². The minimum Gasteiger partial charge on any atom is -0.487 e. The van der Waals surface area contributed by atoms with Crippen molar-refractivity contribution < 1.29 is 9.47 Å². The zero-order valence-electron chi connectivity index (χ0n) is 12.5. The first-order valence-electron chi connectivity index (χ1n) is 7.08. The molecule has 1 heterocycles. The first-order chi connectivity index (χ1) is 9.05. The fraction of sp³-hybridized carbons (Fsp3) is 0.625. The molecule has 0 radical (unpaired) electrons. The summed E-state index contributed by atoms with van der Waals surface area (Å²) in [5.74, 6) is 1.08. The van der Waals surface area contributed by atoms with Gasteiger partial charge in [-0.3, -0.25) is 0 Å². The third kappa shape index (κ3) is 3.48. The summed E-state index contributed by atoms with van der Waals surface area (Å²) in [7, 11) is 1.75. The molecule has 3 nitrogen and oxygen atoms in total. The van der Waals surface area contributed by atoms with Crippen LogP contribution in [0.15, 0.2) is 18.2 Å². The molecule has 1 atom stereocenters. The highest BCUT2D eigenvalue weighted by molar-refractivity contribution is 5.45. The molecule has 2 rings (SSSR count). The molecule has 1 aliphatic rings. The van der Waals surface area contributed by atoms with Gasteiger partial charge in [0, 0.05) is 31.7 Å². The van der Waals surface area contributed by atoms with Crippen LogP contribution in [0, 0.1) is 0 Å². The molecule has 0 bridgehead atoms. The van der Waals surface area contributed by atoms with Crippen LogP contribution >= 0.6 is 0 Å². The molecule has 0 spiro atoms. The molecule has 1 N–H and O–H groups in total. The minimum absolute atomic E-state index is 0.0743. The van der Waals surface area contributed by atoms with E-state index in [1.54, 1.807) is 7.11 Å². The van der Waals surface area contributed by atoms with Crippen LogP contribution in [-0.2, 0) is 17.7 Å². The summed E-state index contributed by atoms with van der Waals surface area (Å²) in [4.78, 5) is 0. The monoisotopic (exact) mass is 263 g/mol. The van der Waals surface area contributed by atoms with Crippen LogP contribution in [0.2, 0.25) is 0 Å². The van der Waals surface area contributed by atoms with E-state index >= 15 is 0 Å². The standard InChI is InChI=1S/C16H25NO2/c1-5-14(11-18-4)17-10-13-8-6-7-12-9-16(2,3)19-15(12)13/h6-8,14,17H,5,9-11H2,1-4H3. The normalized spacial score (nSPS) is 17.9. The molecule has 1 aliphatic heterocycles. The van der Waals surface area contributed by atoms with Crippen molar-refractivity contribution in [1.29, 1.82) is 0 Å². The van der Waals surface area contributed by atoms with Gasteiger partial charge >= 0.3 is 0 Å². The van der Waals surface area contributed by atoms with Gasteiger partial charge in [-0.1, -0.05) is 25.1 Å². The van der Waals surface area contributed by atoms with E-state index < -0.39 is 0 Å². The number of hydrogen-bond acceptors (Lipinski definition) is 3. The maximum Gasteiger partial charge on any atom is 0.127 e. The molecule has 0 amide bonds. The highest BCUT2D eigenvalue weighted by Crippen LogP contribution is 2.37. The van der Waals surface area contributed by atoms with Crippen LogP contribution in [0.5, 0.6) is 5.75 Å². The van der Waals surface area contributed by atoms with Gasteiger partial charge in [0.05, 0.1) is 6.61 Å². The van der Waals surface area contributed by atoms with Gasteiger partial charge in [-0.2, -0.15) is 0 Å². The van der Waals surface area contributed by atoms with Gasteiger partial charge in [0.2, 0.25) is 0 Å². The number of para-hydroxylation sites is 1. The summed E-state index contributed by atoms with van der Waals surface area (Å²) < 4.78 is 11.3. The maximum absolute atomic E-state index is 6.08. The smallest absolute Gasteiger partial charge is 0.127 e. The van der Waals surface area contributed by atoms with Crippen molar-refractivity contribution in [3.63, 3.8) is 0 Å². The van der Waals surface area contributed by atoms with Crippen LogP contribution in [0.3, 0.4) is 0 Å². The third-order valence-electron chi connectivity index (χ3n) is 3.61. The van der Waals surface area contributed by atoms with Gasteiger partial charge in [0.25, 0.3) is 0 Å².